The van der Waals surface area contributed by atoms with E-state index in [1.54, 1.807) is 25.5 Å². The standard InChI is InChI=1S/C11H20N4OS.HI/c1-8-10(17-9(2)15-8)7-14-11(12-3)13-5-6-16-4;/h5-7H2,1-4H3,(H2,12,13,14);1H. The first-order valence-corrected chi connectivity index (χ1v) is 6.35. The normalized spacial score (nSPS) is 11.0. The second-order valence-electron chi connectivity index (χ2n) is 3.59. The Kier molecular flexibility index (Phi) is 9.29. The number of methoxy groups -OCH3 is 1. The summed E-state index contributed by atoms with van der Waals surface area (Å²) in [5, 5.41) is 7.52. The SMILES string of the molecule is CN=C(NCCOC)NCc1sc(C)nc1C.I. The maximum atomic E-state index is 4.97. The number of hydrogen-bond donors (Lipinski definition) is 2. The Morgan fingerprint density at radius 2 is 2.11 bits per heavy atom. The second-order valence-corrected chi connectivity index (χ2v) is 4.87. The molecule has 0 saturated heterocycles. The van der Waals surface area contributed by atoms with E-state index in [9.17, 15) is 0 Å². The minimum Gasteiger partial charge on any atom is -0.383 e. The highest BCUT2D eigenvalue weighted by Gasteiger charge is 2.05. The maximum Gasteiger partial charge on any atom is 0.191 e. The van der Waals surface area contributed by atoms with Crippen LogP contribution in [-0.4, -0.2) is 38.3 Å². The van der Waals surface area contributed by atoms with Crippen LogP contribution in [0.1, 0.15) is 15.6 Å². The lowest BCUT2D eigenvalue weighted by atomic mass is 10.4. The molecule has 0 radical (unpaired) electrons. The average molecular weight is 384 g/mol. The summed E-state index contributed by atoms with van der Waals surface area (Å²) in [5.41, 5.74) is 1.09. The zero-order valence-electron chi connectivity index (χ0n) is 11.2. The molecule has 0 aromatic carbocycles. The van der Waals surface area contributed by atoms with Crippen LogP contribution >= 0.6 is 35.3 Å². The molecule has 0 atom stereocenters. The molecule has 0 aliphatic heterocycles. The van der Waals surface area contributed by atoms with Crippen LogP contribution in [0.15, 0.2) is 4.99 Å². The van der Waals surface area contributed by atoms with E-state index in [4.69, 9.17) is 4.74 Å². The van der Waals surface area contributed by atoms with Crippen LogP contribution in [0.4, 0.5) is 0 Å². The van der Waals surface area contributed by atoms with Gasteiger partial charge in [0.05, 0.1) is 23.9 Å². The third kappa shape index (κ3) is 5.96. The van der Waals surface area contributed by atoms with Gasteiger partial charge in [0.15, 0.2) is 5.96 Å². The summed E-state index contributed by atoms with van der Waals surface area (Å²) in [7, 11) is 3.44. The van der Waals surface area contributed by atoms with Crippen LogP contribution in [0.3, 0.4) is 0 Å². The molecule has 1 aromatic heterocycles. The van der Waals surface area contributed by atoms with E-state index in [0.29, 0.717) is 6.61 Å². The van der Waals surface area contributed by atoms with Gasteiger partial charge in [0.2, 0.25) is 0 Å². The molecule has 1 aromatic rings. The Morgan fingerprint density at radius 3 is 2.61 bits per heavy atom. The van der Waals surface area contributed by atoms with Crippen molar-refractivity contribution in [3.8, 4) is 0 Å². The molecule has 0 fully saturated rings. The van der Waals surface area contributed by atoms with Gasteiger partial charge in [-0.15, -0.1) is 35.3 Å². The van der Waals surface area contributed by atoms with E-state index < -0.39 is 0 Å². The zero-order chi connectivity index (χ0) is 12.7. The summed E-state index contributed by atoms with van der Waals surface area (Å²) in [6.45, 7) is 6.22. The van der Waals surface area contributed by atoms with Crippen molar-refractivity contribution < 1.29 is 4.74 Å². The zero-order valence-corrected chi connectivity index (χ0v) is 14.4. The van der Waals surface area contributed by atoms with Gasteiger partial charge in [0.1, 0.15) is 0 Å². The van der Waals surface area contributed by atoms with Crippen molar-refractivity contribution in [1.29, 1.82) is 0 Å². The average Bonchev–Trinajstić information content (AvgIpc) is 2.62. The van der Waals surface area contributed by atoms with E-state index in [-0.39, 0.29) is 24.0 Å². The number of aromatic nitrogens is 1. The van der Waals surface area contributed by atoms with Crippen LogP contribution in [0.2, 0.25) is 0 Å². The molecule has 7 heteroatoms. The smallest absolute Gasteiger partial charge is 0.191 e. The van der Waals surface area contributed by atoms with Crippen molar-refractivity contribution in [3.05, 3.63) is 15.6 Å². The summed E-state index contributed by atoms with van der Waals surface area (Å²) in [5.74, 6) is 0.785. The fourth-order valence-electron chi connectivity index (χ4n) is 1.39. The van der Waals surface area contributed by atoms with Crippen molar-refractivity contribution in [3.63, 3.8) is 0 Å². The molecule has 0 spiro atoms. The summed E-state index contributed by atoms with van der Waals surface area (Å²) < 4.78 is 4.97. The first-order valence-electron chi connectivity index (χ1n) is 5.53. The highest BCUT2D eigenvalue weighted by Crippen LogP contribution is 2.16. The first kappa shape index (κ1) is 17.6. The third-order valence-corrected chi connectivity index (χ3v) is 3.31. The quantitative estimate of drug-likeness (QED) is 0.351. The number of aryl methyl sites for hydroxylation is 2. The number of aliphatic imine (C=N–C) groups is 1. The Hall–Kier alpha value is -0.410. The molecular formula is C11H21IN4OS. The lowest BCUT2D eigenvalue weighted by Crippen LogP contribution is -2.38. The van der Waals surface area contributed by atoms with E-state index in [2.05, 4.69) is 20.6 Å². The predicted octanol–water partition coefficient (Wildman–Crippen LogP) is 1.69. The highest BCUT2D eigenvalue weighted by atomic mass is 127. The van der Waals surface area contributed by atoms with Crippen LogP contribution < -0.4 is 10.6 Å². The molecular weight excluding hydrogens is 363 g/mol. The molecule has 1 heterocycles. The highest BCUT2D eigenvalue weighted by molar-refractivity contribution is 14.0. The number of ether oxygens (including phenoxy) is 1. The van der Waals surface area contributed by atoms with E-state index in [0.717, 1.165) is 29.8 Å². The molecule has 0 aliphatic rings. The van der Waals surface area contributed by atoms with Crippen LogP contribution in [-0.2, 0) is 11.3 Å². The molecule has 0 amide bonds. The van der Waals surface area contributed by atoms with E-state index in [1.165, 1.54) is 4.88 Å². The van der Waals surface area contributed by atoms with Gasteiger partial charge in [-0.05, 0) is 13.8 Å². The monoisotopic (exact) mass is 384 g/mol. The number of nitrogens with zero attached hydrogens (tertiary/aromatic N) is 2. The van der Waals surface area contributed by atoms with E-state index >= 15 is 0 Å². The first-order chi connectivity index (χ1) is 8.17. The van der Waals surface area contributed by atoms with Crippen molar-refractivity contribution in [1.82, 2.24) is 15.6 Å². The number of rotatable bonds is 5. The Morgan fingerprint density at radius 1 is 1.39 bits per heavy atom. The number of nitrogens with one attached hydrogen (secondary N) is 2. The number of guanidine groups is 1. The fourth-order valence-corrected chi connectivity index (χ4v) is 2.27. The molecule has 1 rings (SSSR count). The summed E-state index contributed by atoms with van der Waals surface area (Å²) in [4.78, 5) is 9.77. The molecule has 0 bridgehead atoms. The van der Waals surface area contributed by atoms with Gasteiger partial charge in [0.25, 0.3) is 0 Å². The summed E-state index contributed by atoms with van der Waals surface area (Å²) in [6, 6.07) is 0. The largest absolute Gasteiger partial charge is 0.383 e. The molecule has 0 saturated carbocycles. The summed E-state index contributed by atoms with van der Waals surface area (Å²) >= 11 is 1.71. The molecule has 2 N–H and O–H groups in total. The summed E-state index contributed by atoms with van der Waals surface area (Å²) in [6.07, 6.45) is 0. The number of halogens is 1. The minimum absolute atomic E-state index is 0. The predicted molar refractivity (Wildman–Crippen MR) is 87.1 cm³/mol. The van der Waals surface area contributed by atoms with Gasteiger partial charge in [0, 0.05) is 25.6 Å². The van der Waals surface area contributed by atoms with Gasteiger partial charge >= 0.3 is 0 Å². The number of hydrogen-bond acceptors (Lipinski definition) is 4. The van der Waals surface area contributed by atoms with Crippen LogP contribution in [0.5, 0.6) is 0 Å². The van der Waals surface area contributed by atoms with Crippen molar-refractivity contribution in [2.75, 3.05) is 27.3 Å². The second kappa shape index (κ2) is 9.51. The number of thiazole rings is 1. The van der Waals surface area contributed by atoms with Gasteiger partial charge in [-0.25, -0.2) is 4.98 Å². The molecule has 0 aliphatic carbocycles. The lowest BCUT2D eigenvalue weighted by Gasteiger charge is -2.10. The topological polar surface area (TPSA) is 58.5 Å². The van der Waals surface area contributed by atoms with Crippen molar-refractivity contribution >= 4 is 41.3 Å². The Labute approximate surface area is 129 Å². The van der Waals surface area contributed by atoms with Gasteiger partial charge < -0.3 is 15.4 Å². The molecule has 18 heavy (non-hydrogen) atoms. The minimum atomic E-state index is 0. The Bertz CT molecular complexity index is 381. The Balaban J connectivity index is 0.00000289. The van der Waals surface area contributed by atoms with Gasteiger partial charge in [-0.3, -0.25) is 4.99 Å². The lowest BCUT2D eigenvalue weighted by molar-refractivity contribution is 0.203. The van der Waals surface area contributed by atoms with Gasteiger partial charge in [-0.2, -0.15) is 0 Å². The molecule has 104 valence electrons. The third-order valence-electron chi connectivity index (χ3n) is 2.24. The van der Waals surface area contributed by atoms with E-state index in [1.807, 2.05) is 13.8 Å². The molecule has 5 nitrogen and oxygen atoms in total. The van der Waals surface area contributed by atoms with Crippen molar-refractivity contribution in [2.24, 2.45) is 4.99 Å². The van der Waals surface area contributed by atoms with Crippen LogP contribution in [0.25, 0.3) is 0 Å². The maximum absolute atomic E-state index is 4.97. The van der Waals surface area contributed by atoms with Crippen LogP contribution in [0, 0.1) is 13.8 Å². The molecule has 0 unspecified atom stereocenters. The van der Waals surface area contributed by atoms with Gasteiger partial charge in [-0.1, -0.05) is 0 Å². The fraction of sp³-hybridized carbons (Fsp3) is 0.636. The van der Waals surface area contributed by atoms with Crippen molar-refractivity contribution in [2.45, 2.75) is 20.4 Å².